The lowest BCUT2D eigenvalue weighted by Gasteiger charge is -2.28. The molecule has 0 aromatic carbocycles. The van der Waals surface area contributed by atoms with E-state index in [1.54, 1.807) is 6.92 Å². The van der Waals surface area contributed by atoms with E-state index in [1.165, 1.54) is 6.92 Å². The molecular formula is C13H28F3N. The molecule has 0 radical (unpaired) electrons. The topological polar surface area (TPSA) is 3.24 Å². The Labute approximate surface area is 104 Å². The van der Waals surface area contributed by atoms with E-state index in [9.17, 15) is 13.2 Å². The molecule has 0 saturated carbocycles. The molecule has 0 aromatic rings. The molecule has 0 fully saturated rings. The van der Waals surface area contributed by atoms with Crippen molar-refractivity contribution in [3.8, 4) is 0 Å². The van der Waals surface area contributed by atoms with Gasteiger partial charge in [-0.3, -0.25) is 0 Å². The summed E-state index contributed by atoms with van der Waals surface area (Å²) in [4.78, 5) is 1.97. The van der Waals surface area contributed by atoms with E-state index >= 15 is 0 Å². The number of alkyl halides is 3. The van der Waals surface area contributed by atoms with Gasteiger partial charge in [-0.15, -0.1) is 0 Å². The molecule has 0 saturated heterocycles. The Morgan fingerprint density at radius 3 is 1.65 bits per heavy atom. The van der Waals surface area contributed by atoms with E-state index in [-0.39, 0.29) is 5.92 Å². The van der Waals surface area contributed by atoms with Crippen molar-refractivity contribution in [1.82, 2.24) is 4.90 Å². The maximum Gasteiger partial charge on any atom is 0.391 e. The summed E-state index contributed by atoms with van der Waals surface area (Å²) in [5.74, 6) is -1.09. The molecule has 0 spiro atoms. The van der Waals surface area contributed by atoms with Crippen molar-refractivity contribution in [3.05, 3.63) is 0 Å². The van der Waals surface area contributed by atoms with Gasteiger partial charge in [-0.1, -0.05) is 41.5 Å². The molecule has 0 amide bonds. The summed E-state index contributed by atoms with van der Waals surface area (Å²) in [7, 11) is 1.87. The van der Waals surface area contributed by atoms with Crippen molar-refractivity contribution in [2.45, 2.75) is 47.7 Å². The Morgan fingerprint density at radius 2 is 1.35 bits per heavy atom. The Bertz CT molecular complexity index is 178. The minimum absolute atomic E-state index is 0.353. The van der Waals surface area contributed by atoms with Crippen LogP contribution in [0, 0.1) is 17.8 Å². The quantitative estimate of drug-likeness (QED) is 0.702. The first kappa shape index (κ1) is 19.1. The zero-order valence-corrected chi connectivity index (χ0v) is 12.2. The number of rotatable bonds is 5. The Morgan fingerprint density at radius 1 is 0.941 bits per heavy atom. The highest BCUT2D eigenvalue weighted by atomic mass is 19.4. The van der Waals surface area contributed by atoms with Gasteiger partial charge in [-0.2, -0.15) is 13.2 Å². The van der Waals surface area contributed by atoms with Crippen LogP contribution >= 0.6 is 0 Å². The van der Waals surface area contributed by atoms with Crippen LogP contribution in [0.15, 0.2) is 0 Å². The summed E-state index contributed by atoms with van der Waals surface area (Å²) >= 11 is 0. The molecule has 0 heterocycles. The zero-order chi connectivity index (χ0) is 14.2. The van der Waals surface area contributed by atoms with Crippen LogP contribution in [0.5, 0.6) is 0 Å². The third-order valence-corrected chi connectivity index (χ3v) is 2.65. The van der Waals surface area contributed by atoms with Gasteiger partial charge in [-0.25, -0.2) is 0 Å². The number of hydrogen-bond acceptors (Lipinski definition) is 1. The van der Waals surface area contributed by atoms with Gasteiger partial charge >= 0.3 is 6.18 Å². The van der Waals surface area contributed by atoms with Crippen LogP contribution in [-0.2, 0) is 0 Å². The summed E-state index contributed by atoms with van der Waals surface area (Å²) < 4.78 is 37.2. The lowest BCUT2D eigenvalue weighted by Crippen LogP contribution is -2.35. The summed E-state index contributed by atoms with van der Waals surface area (Å²) in [5, 5.41) is 0. The van der Waals surface area contributed by atoms with Crippen LogP contribution in [0.4, 0.5) is 13.2 Å². The van der Waals surface area contributed by atoms with Gasteiger partial charge in [0.25, 0.3) is 0 Å². The largest absolute Gasteiger partial charge is 0.391 e. The highest BCUT2D eigenvalue weighted by Gasteiger charge is 2.39. The molecular weight excluding hydrogens is 227 g/mol. The van der Waals surface area contributed by atoms with Crippen LogP contribution in [0.1, 0.15) is 41.5 Å². The maximum atomic E-state index is 12.4. The normalized spacial score (nSPS) is 15.5. The van der Waals surface area contributed by atoms with Crippen molar-refractivity contribution in [1.29, 1.82) is 0 Å². The van der Waals surface area contributed by atoms with Crippen molar-refractivity contribution in [3.63, 3.8) is 0 Å². The van der Waals surface area contributed by atoms with Gasteiger partial charge in [0, 0.05) is 13.1 Å². The van der Waals surface area contributed by atoms with Gasteiger partial charge in [0.1, 0.15) is 0 Å². The molecule has 0 aromatic heterocycles. The number of halogens is 3. The Hall–Kier alpha value is -0.250. The van der Waals surface area contributed by atoms with E-state index < -0.39 is 12.1 Å². The predicted octanol–water partition coefficient (Wildman–Crippen LogP) is 4.43. The third kappa shape index (κ3) is 9.45. The average molecular weight is 255 g/mol. The fourth-order valence-corrected chi connectivity index (χ4v) is 1.67. The van der Waals surface area contributed by atoms with Crippen molar-refractivity contribution in [2.75, 3.05) is 20.1 Å². The molecule has 2 unspecified atom stereocenters. The predicted molar refractivity (Wildman–Crippen MR) is 68.1 cm³/mol. The van der Waals surface area contributed by atoms with Gasteiger partial charge in [0.15, 0.2) is 0 Å². The lowest BCUT2D eigenvalue weighted by atomic mass is 9.95. The first-order valence-corrected chi connectivity index (χ1v) is 6.39. The molecule has 0 bridgehead atoms. The molecule has 0 aliphatic carbocycles. The molecule has 1 nitrogen and oxygen atoms in total. The fourth-order valence-electron chi connectivity index (χ4n) is 1.67. The summed E-state index contributed by atoms with van der Waals surface area (Å²) in [6.07, 6.45) is -4.07. The molecule has 0 aliphatic heterocycles. The highest BCUT2D eigenvalue weighted by molar-refractivity contribution is 4.72. The minimum Gasteiger partial charge on any atom is -0.306 e. The van der Waals surface area contributed by atoms with Crippen LogP contribution in [0.3, 0.4) is 0 Å². The number of hydrogen-bond donors (Lipinski definition) is 0. The van der Waals surface area contributed by atoms with Crippen LogP contribution in [0.25, 0.3) is 0 Å². The van der Waals surface area contributed by atoms with E-state index in [4.69, 9.17) is 0 Å². The van der Waals surface area contributed by atoms with Crippen LogP contribution in [0.2, 0.25) is 0 Å². The highest BCUT2D eigenvalue weighted by Crippen LogP contribution is 2.31. The standard InChI is InChI=1S/C11H22F3N.C2H6/c1-8(2)6-15(5)7-9(3)10(4)11(12,13)14;1-2/h8-10H,6-7H2,1-5H3;1-2H3. The SMILES string of the molecule is CC.CC(C)CN(C)CC(C)C(C)C(F)(F)F. The maximum absolute atomic E-state index is 12.4. The zero-order valence-electron chi connectivity index (χ0n) is 12.2. The van der Waals surface area contributed by atoms with Crippen molar-refractivity contribution >= 4 is 0 Å². The summed E-state index contributed by atoms with van der Waals surface area (Å²) in [5.41, 5.74) is 0. The van der Waals surface area contributed by atoms with Crippen LogP contribution in [-0.4, -0.2) is 31.2 Å². The molecule has 2 atom stereocenters. The molecule has 0 aliphatic rings. The second-order valence-corrected chi connectivity index (χ2v) is 4.92. The molecule has 17 heavy (non-hydrogen) atoms. The van der Waals surface area contributed by atoms with Gasteiger partial charge < -0.3 is 4.90 Å². The second kappa shape index (κ2) is 8.78. The minimum atomic E-state index is -4.07. The smallest absolute Gasteiger partial charge is 0.306 e. The average Bonchev–Trinajstić information content (AvgIpc) is 2.16. The first-order valence-electron chi connectivity index (χ1n) is 6.39. The number of nitrogens with zero attached hydrogens (tertiary/aromatic N) is 1. The summed E-state index contributed by atoms with van der Waals surface area (Å²) in [6, 6.07) is 0. The molecule has 0 N–H and O–H groups in total. The Balaban J connectivity index is 0. The van der Waals surface area contributed by atoms with Gasteiger partial charge in [0.05, 0.1) is 5.92 Å². The fraction of sp³-hybridized carbons (Fsp3) is 1.00. The van der Waals surface area contributed by atoms with E-state index in [0.717, 1.165) is 6.54 Å². The lowest BCUT2D eigenvalue weighted by molar-refractivity contribution is -0.183. The summed E-state index contributed by atoms with van der Waals surface area (Å²) in [6.45, 7) is 12.4. The van der Waals surface area contributed by atoms with Gasteiger partial charge in [0.2, 0.25) is 0 Å². The van der Waals surface area contributed by atoms with E-state index in [2.05, 4.69) is 13.8 Å². The van der Waals surface area contributed by atoms with Crippen molar-refractivity contribution < 1.29 is 13.2 Å². The third-order valence-electron chi connectivity index (χ3n) is 2.65. The second-order valence-electron chi connectivity index (χ2n) is 4.92. The van der Waals surface area contributed by atoms with E-state index in [1.807, 2.05) is 25.8 Å². The van der Waals surface area contributed by atoms with Crippen molar-refractivity contribution in [2.24, 2.45) is 17.8 Å². The molecule has 4 heteroatoms. The van der Waals surface area contributed by atoms with Gasteiger partial charge in [-0.05, 0) is 18.9 Å². The first-order chi connectivity index (χ1) is 7.64. The molecule has 0 rings (SSSR count). The van der Waals surface area contributed by atoms with E-state index in [0.29, 0.717) is 12.5 Å². The monoisotopic (exact) mass is 255 g/mol. The van der Waals surface area contributed by atoms with Crippen LogP contribution < -0.4 is 0 Å². The Kier molecular flexibility index (Phi) is 9.87. The molecule has 106 valence electrons.